The maximum Gasteiger partial charge on any atom is 0.407 e. The number of aromatic hydroxyl groups is 1. The molecular weight excluding hydrogens is 418 g/mol. The highest BCUT2D eigenvalue weighted by molar-refractivity contribution is 7.99. The number of ether oxygens (including phenoxy) is 2. The Hall–Kier alpha value is -1.71. The molecule has 0 bridgehead atoms. The van der Waals surface area contributed by atoms with Crippen molar-refractivity contribution in [2.45, 2.75) is 70.4 Å². The van der Waals surface area contributed by atoms with Crippen LogP contribution in [0.3, 0.4) is 0 Å². The lowest BCUT2D eigenvalue weighted by atomic mass is 10.2. The maximum atomic E-state index is 11.7. The van der Waals surface area contributed by atoms with Crippen LogP contribution in [0, 0.1) is 0 Å². The fraction of sp³-hybridized carbons (Fsp3) is 0.619. The summed E-state index contributed by atoms with van der Waals surface area (Å²) >= 11 is 1.61. The average Bonchev–Trinajstić information content (AvgIpc) is 2.93. The molecule has 0 fully saturated rings. The standard InChI is InChI=1S/C21H35N3O4SSi/c1-21(2,3)28-20(26)22-10-7-12-29-19-23-17-9-8-16(25)14-18(17)24(19)15-27-11-13-30(4,5)6/h8-9,14,25H,7,10-13,15H2,1-6H3,(H,22,26). The number of nitrogens with one attached hydrogen (secondary N) is 1. The third-order valence-corrected chi connectivity index (χ3v) is 6.90. The highest BCUT2D eigenvalue weighted by atomic mass is 32.2. The van der Waals surface area contributed by atoms with Gasteiger partial charge in [0.25, 0.3) is 0 Å². The number of carbonyl (C=O) groups is 1. The van der Waals surface area contributed by atoms with E-state index in [1.165, 1.54) is 0 Å². The van der Waals surface area contributed by atoms with E-state index < -0.39 is 19.8 Å². The number of alkyl carbamates (subject to hydrolysis) is 1. The molecule has 0 aliphatic rings. The van der Waals surface area contributed by atoms with Gasteiger partial charge in [0.05, 0.1) is 11.0 Å². The van der Waals surface area contributed by atoms with Crippen molar-refractivity contribution in [2.75, 3.05) is 18.9 Å². The van der Waals surface area contributed by atoms with Gasteiger partial charge in [0.1, 0.15) is 18.1 Å². The van der Waals surface area contributed by atoms with E-state index in [0.29, 0.717) is 13.3 Å². The molecule has 1 aromatic carbocycles. The van der Waals surface area contributed by atoms with Gasteiger partial charge in [-0.1, -0.05) is 31.4 Å². The number of hydrogen-bond acceptors (Lipinski definition) is 6. The molecule has 9 heteroatoms. The Morgan fingerprint density at radius 1 is 1.30 bits per heavy atom. The molecule has 2 rings (SSSR count). The number of hydrogen-bond donors (Lipinski definition) is 2. The van der Waals surface area contributed by atoms with E-state index in [4.69, 9.17) is 14.5 Å². The summed E-state index contributed by atoms with van der Waals surface area (Å²) in [6.07, 6.45) is 0.389. The van der Waals surface area contributed by atoms with Crippen LogP contribution >= 0.6 is 11.8 Å². The lowest BCUT2D eigenvalue weighted by molar-refractivity contribution is 0.0528. The lowest BCUT2D eigenvalue weighted by Gasteiger charge is -2.19. The van der Waals surface area contributed by atoms with Crippen molar-refractivity contribution in [2.24, 2.45) is 0 Å². The zero-order chi connectivity index (χ0) is 22.4. The zero-order valence-corrected chi connectivity index (χ0v) is 20.8. The number of fused-ring (bicyclic) bond motifs is 1. The lowest BCUT2D eigenvalue weighted by Crippen LogP contribution is -2.33. The number of imidazole rings is 1. The molecule has 30 heavy (non-hydrogen) atoms. The molecule has 0 aliphatic carbocycles. The number of rotatable bonds is 10. The number of aromatic nitrogens is 2. The van der Waals surface area contributed by atoms with Crippen molar-refractivity contribution in [3.63, 3.8) is 0 Å². The predicted octanol–water partition coefficient (Wildman–Crippen LogP) is 5.06. The Bertz CT molecular complexity index is 843. The van der Waals surface area contributed by atoms with Crippen molar-refractivity contribution < 1.29 is 19.4 Å². The van der Waals surface area contributed by atoms with Gasteiger partial charge in [-0.2, -0.15) is 0 Å². The first-order valence-electron chi connectivity index (χ1n) is 10.3. The summed E-state index contributed by atoms with van der Waals surface area (Å²) in [5, 5.41) is 13.5. The minimum absolute atomic E-state index is 0.212. The largest absolute Gasteiger partial charge is 0.508 e. The summed E-state index contributed by atoms with van der Waals surface area (Å²) in [6, 6.07) is 6.28. The SMILES string of the molecule is CC(C)(C)OC(=O)NCCCSc1nc2ccc(O)cc2n1COCC[Si](C)(C)C. The first kappa shape index (κ1) is 24.6. The first-order chi connectivity index (χ1) is 13.9. The van der Waals surface area contributed by atoms with Gasteiger partial charge in [-0.25, -0.2) is 9.78 Å². The van der Waals surface area contributed by atoms with Gasteiger partial charge in [0, 0.05) is 33.0 Å². The normalized spacial score (nSPS) is 12.3. The Labute approximate surface area is 184 Å². The number of thioether (sulfide) groups is 1. The molecule has 0 saturated heterocycles. The third-order valence-electron chi connectivity index (χ3n) is 4.13. The van der Waals surface area contributed by atoms with Crippen LogP contribution in [0.5, 0.6) is 5.75 Å². The van der Waals surface area contributed by atoms with Gasteiger partial charge < -0.3 is 19.9 Å². The number of phenolic OH excluding ortho intramolecular Hbond substituents is 1. The second-order valence-corrected chi connectivity index (χ2v) is 16.2. The Morgan fingerprint density at radius 2 is 2.03 bits per heavy atom. The molecule has 168 valence electrons. The number of carbonyl (C=O) groups excluding carboxylic acids is 1. The maximum absolute atomic E-state index is 11.7. The summed E-state index contributed by atoms with van der Waals surface area (Å²) in [7, 11) is -1.15. The molecule has 2 aromatic rings. The molecule has 0 unspecified atom stereocenters. The van der Waals surface area contributed by atoms with E-state index in [1.807, 2.05) is 31.4 Å². The van der Waals surface area contributed by atoms with Crippen molar-refractivity contribution in [3.05, 3.63) is 18.2 Å². The first-order valence-corrected chi connectivity index (χ1v) is 15.0. The third kappa shape index (κ3) is 8.57. The molecule has 7 nitrogen and oxygen atoms in total. The molecule has 2 N–H and O–H groups in total. The molecule has 0 spiro atoms. The van der Waals surface area contributed by atoms with E-state index in [-0.39, 0.29) is 5.75 Å². The Kier molecular flexibility index (Phi) is 8.63. The van der Waals surface area contributed by atoms with Crippen LogP contribution in [-0.2, 0) is 16.2 Å². The number of nitrogens with zero attached hydrogens (tertiary/aromatic N) is 2. The van der Waals surface area contributed by atoms with Gasteiger partial charge >= 0.3 is 6.09 Å². The monoisotopic (exact) mass is 453 g/mol. The van der Waals surface area contributed by atoms with Crippen LogP contribution in [0.4, 0.5) is 4.79 Å². The Balaban J connectivity index is 1.92. The summed E-state index contributed by atoms with van der Waals surface area (Å²) in [5.74, 6) is 1.00. The van der Waals surface area contributed by atoms with E-state index in [0.717, 1.165) is 41.0 Å². The second kappa shape index (κ2) is 10.5. The smallest absolute Gasteiger partial charge is 0.407 e. The predicted molar refractivity (Wildman–Crippen MR) is 125 cm³/mol. The van der Waals surface area contributed by atoms with Gasteiger partial charge in [0.2, 0.25) is 0 Å². The number of amides is 1. The van der Waals surface area contributed by atoms with Crippen molar-refractivity contribution >= 4 is 37.0 Å². The summed E-state index contributed by atoms with van der Waals surface area (Å²) in [6.45, 7) is 14.2. The van der Waals surface area contributed by atoms with E-state index in [9.17, 15) is 9.90 Å². The minimum Gasteiger partial charge on any atom is -0.508 e. The summed E-state index contributed by atoms with van der Waals surface area (Å²) < 4.78 is 13.2. The van der Waals surface area contributed by atoms with E-state index in [2.05, 4.69) is 25.0 Å². The molecule has 0 atom stereocenters. The fourth-order valence-electron chi connectivity index (χ4n) is 2.60. The van der Waals surface area contributed by atoms with E-state index in [1.54, 1.807) is 23.9 Å². The second-order valence-electron chi connectivity index (χ2n) is 9.47. The van der Waals surface area contributed by atoms with E-state index >= 15 is 0 Å². The molecule has 0 aliphatic heterocycles. The van der Waals surface area contributed by atoms with Gasteiger partial charge in [-0.3, -0.25) is 4.57 Å². The van der Waals surface area contributed by atoms with Crippen LogP contribution < -0.4 is 5.32 Å². The van der Waals surface area contributed by atoms with Crippen LogP contribution in [0.25, 0.3) is 11.0 Å². The minimum atomic E-state index is -1.15. The summed E-state index contributed by atoms with van der Waals surface area (Å²) in [5.41, 5.74) is 1.19. The van der Waals surface area contributed by atoms with Gasteiger partial charge in [-0.15, -0.1) is 0 Å². The van der Waals surface area contributed by atoms with Crippen LogP contribution in [0.1, 0.15) is 27.2 Å². The summed E-state index contributed by atoms with van der Waals surface area (Å²) in [4.78, 5) is 16.4. The molecular formula is C21H35N3O4SSi. The highest BCUT2D eigenvalue weighted by Gasteiger charge is 2.16. The highest BCUT2D eigenvalue weighted by Crippen LogP contribution is 2.27. The molecule has 1 amide bonds. The molecule has 1 aromatic heterocycles. The van der Waals surface area contributed by atoms with Gasteiger partial charge in [-0.05, 0) is 45.4 Å². The fourth-order valence-corrected chi connectivity index (χ4v) is 4.30. The van der Waals surface area contributed by atoms with Crippen LogP contribution in [0.2, 0.25) is 25.7 Å². The topological polar surface area (TPSA) is 85.6 Å². The van der Waals surface area contributed by atoms with Crippen LogP contribution in [-0.4, -0.2) is 53.3 Å². The van der Waals surface area contributed by atoms with Crippen molar-refractivity contribution in [1.29, 1.82) is 0 Å². The molecule has 0 radical (unpaired) electrons. The van der Waals surface area contributed by atoms with Crippen molar-refractivity contribution in [1.82, 2.24) is 14.9 Å². The quantitative estimate of drug-likeness (QED) is 0.297. The molecule has 0 saturated carbocycles. The van der Waals surface area contributed by atoms with Crippen LogP contribution in [0.15, 0.2) is 23.4 Å². The zero-order valence-electron chi connectivity index (χ0n) is 18.9. The number of phenols is 1. The number of benzene rings is 1. The average molecular weight is 454 g/mol. The molecule has 1 heterocycles. The van der Waals surface area contributed by atoms with Gasteiger partial charge in [0.15, 0.2) is 5.16 Å². The Morgan fingerprint density at radius 3 is 2.70 bits per heavy atom. The van der Waals surface area contributed by atoms with Crippen molar-refractivity contribution in [3.8, 4) is 5.75 Å².